The number of fused-ring (bicyclic) bond motifs is 1. The molecule has 1 aliphatic rings. The maximum absolute atomic E-state index is 12.4. The van der Waals surface area contributed by atoms with E-state index < -0.39 is 0 Å². The number of nitrogens with zero attached hydrogens (tertiary/aromatic N) is 5. The molecule has 1 saturated carbocycles. The molecule has 1 fully saturated rings. The zero-order valence-electron chi connectivity index (χ0n) is 15.7. The maximum atomic E-state index is 12.4. The number of rotatable bonds is 4. The average molecular weight is 388 g/mol. The van der Waals surface area contributed by atoms with Crippen LogP contribution in [0.15, 0.2) is 64.4 Å². The van der Waals surface area contributed by atoms with Crippen LogP contribution in [0.3, 0.4) is 0 Å². The lowest BCUT2D eigenvalue weighted by Crippen LogP contribution is -2.33. The lowest BCUT2D eigenvalue weighted by atomic mass is 9.91. The van der Waals surface area contributed by atoms with Gasteiger partial charge in [-0.1, -0.05) is 0 Å². The molecule has 29 heavy (non-hydrogen) atoms. The molecule has 0 aromatic carbocycles. The van der Waals surface area contributed by atoms with Gasteiger partial charge < -0.3 is 9.73 Å². The smallest absolute Gasteiger partial charge is 0.267 e. The molecule has 1 aliphatic carbocycles. The molecule has 5 rings (SSSR count). The highest BCUT2D eigenvalue weighted by Crippen LogP contribution is 2.30. The summed E-state index contributed by atoms with van der Waals surface area (Å²) in [5.41, 5.74) is 2.40. The van der Waals surface area contributed by atoms with Gasteiger partial charge in [0, 0.05) is 35.5 Å². The van der Waals surface area contributed by atoms with Gasteiger partial charge in [0.25, 0.3) is 5.56 Å². The van der Waals surface area contributed by atoms with E-state index in [-0.39, 0.29) is 17.6 Å². The molecular formula is C21H20N6O2. The molecule has 8 nitrogen and oxygen atoms in total. The molecule has 0 spiro atoms. The highest BCUT2D eigenvalue weighted by molar-refractivity contribution is 5.85. The minimum Gasteiger partial charge on any atom is -0.460 e. The molecule has 4 heterocycles. The quantitative estimate of drug-likeness (QED) is 0.572. The van der Waals surface area contributed by atoms with Crippen LogP contribution < -0.4 is 10.9 Å². The summed E-state index contributed by atoms with van der Waals surface area (Å²) in [6, 6.07) is 9.38. The van der Waals surface area contributed by atoms with E-state index in [2.05, 4.69) is 25.6 Å². The van der Waals surface area contributed by atoms with Crippen LogP contribution in [0, 0.1) is 0 Å². The number of nitrogens with one attached hydrogen (secondary N) is 1. The van der Waals surface area contributed by atoms with Gasteiger partial charge in [-0.2, -0.15) is 10.2 Å². The van der Waals surface area contributed by atoms with E-state index in [1.165, 1.54) is 0 Å². The second-order valence-corrected chi connectivity index (χ2v) is 7.29. The maximum Gasteiger partial charge on any atom is 0.267 e. The lowest BCUT2D eigenvalue weighted by Gasteiger charge is -2.29. The predicted octanol–water partition coefficient (Wildman–Crippen LogP) is 3.44. The third-order valence-corrected chi connectivity index (χ3v) is 5.45. The van der Waals surface area contributed by atoms with Crippen LogP contribution in [0.25, 0.3) is 22.2 Å². The second-order valence-electron chi connectivity index (χ2n) is 7.29. The minimum atomic E-state index is -0.0644. The third kappa shape index (κ3) is 3.49. The van der Waals surface area contributed by atoms with Gasteiger partial charge in [0.15, 0.2) is 11.4 Å². The first-order valence-electron chi connectivity index (χ1n) is 9.73. The van der Waals surface area contributed by atoms with Crippen molar-refractivity contribution in [3.63, 3.8) is 0 Å². The molecule has 0 atom stereocenters. The molecule has 0 amide bonds. The molecular weight excluding hydrogens is 368 g/mol. The zero-order valence-corrected chi connectivity index (χ0v) is 15.7. The van der Waals surface area contributed by atoms with Crippen molar-refractivity contribution in [1.29, 1.82) is 0 Å². The number of pyridine rings is 1. The zero-order chi connectivity index (χ0) is 19.6. The topological polar surface area (TPSA) is 98.7 Å². The molecule has 0 saturated heterocycles. The molecule has 0 aliphatic heterocycles. The van der Waals surface area contributed by atoms with Crippen LogP contribution in [0.5, 0.6) is 0 Å². The van der Waals surface area contributed by atoms with E-state index in [0.717, 1.165) is 47.9 Å². The first-order valence-corrected chi connectivity index (χ1v) is 9.73. The Balaban J connectivity index is 1.31. The molecule has 146 valence electrons. The Morgan fingerprint density at radius 1 is 1.03 bits per heavy atom. The molecule has 8 heteroatoms. The van der Waals surface area contributed by atoms with Crippen LogP contribution >= 0.6 is 0 Å². The first kappa shape index (κ1) is 17.5. The van der Waals surface area contributed by atoms with Gasteiger partial charge in [-0.25, -0.2) is 4.68 Å². The Hall–Kier alpha value is -3.55. The Morgan fingerprint density at radius 3 is 2.69 bits per heavy atom. The molecule has 0 unspecified atom stereocenters. The standard InChI is InChI=1S/C21H20N6O2/c28-19-6-5-18(14-7-10-22-11-8-14)26-27(19)17-3-1-16(2-4-17)24-21-20-15(9-12-29-20)13-23-25-21/h5-13,16-17H,1-4H2,(H,24,25). The summed E-state index contributed by atoms with van der Waals surface area (Å²) < 4.78 is 7.17. The number of hydrogen-bond donors (Lipinski definition) is 1. The Kier molecular flexibility index (Phi) is 4.51. The van der Waals surface area contributed by atoms with E-state index >= 15 is 0 Å². The highest BCUT2D eigenvalue weighted by atomic mass is 16.3. The molecule has 4 aromatic heterocycles. The Labute approximate surface area is 166 Å². The molecule has 0 bridgehead atoms. The van der Waals surface area contributed by atoms with Crippen LogP contribution in [-0.2, 0) is 0 Å². The van der Waals surface area contributed by atoms with Crippen LogP contribution in [0.4, 0.5) is 5.82 Å². The van der Waals surface area contributed by atoms with Crippen molar-refractivity contribution in [2.24, 2.45) is 0 Å². The van der Waals surface area contributed by atoms with Gasteiger partial charge in [-0.15, -0.1) is 5.10 Å². The first-order chi connectivity index (χ1) is 14.3. The van der Waals surface area contributed by atoms with Crippen LogP contribution in [0.2, 0.25) is 0 Å². The van der Waals surface area contributed by atoms with Crippen molar-refractivity contribution in [2.75, 3.05) is 5.32 Å². The van der Waals surface area contributed by atoms with Crippen molar-refractivity contribution >= 4 is 16.8 Å². The van der Waals surface area contributed by atoms with Crippen molar-refractivity contribution in [3.05, 3.63) is 65.5 Å². The normalized spacial score (nSPS) is 19.3. The lowest BCUT2D eigenvalue weighted by molar-refractivity contribution is 0.304. The summed E-state index contributed by atoms with van der Waals surface area (Å²) in [5, 5.41) is 17.2. The summed E-state index contributed by atoms with van der Waals surface area (Å²) >= 11 is 0. The summed E-state index contributed by atoms with van der Waals surface area (Å²) in [6.45, 7) is 0. The number of hydrogen-bond acceptors (Lipinski definition) is 7. The SMILES string of the molecule is O=c1ccc(-c2ccncc2)nn1C1CCC(Nc2nncc3ccoc23)CC1. The van der Waals surface area contributed by atoms with Gasteiger partial charge in [0.2, 0.25) is 0 Å². The van der Waals surface area contributed by atoms with E-state index in [9.17, 15) is 4.79 Å². The van der Waals surface area contributed by atoms with Crippen LogP contribution in [-0.4, -0.2) is 31.0 Å². The largest absolute Gasteiger partial charge is 0.460 e. The summed E-state index contributed by atoms with van der Waals surface area (Å²) in [6.07, 6.45) is 10.3. The predicted molar refractivity (Wildman–Crippen MR) is 108 cm³/mol. The molecule has 1 N–H and O–H groups in total. The van der Waals surface area contributed by atoms with Gasteiger partial charge in [-0.3, -0.25) is 9.78 Å². The summed E-state index contributed by atoms with van der Waals surface area (Å²) in [4.78, 5) is 16.5. The minimum absolute atomic E-state index is 0.0644. The third-order valence-electron chi connectivity index (χ3n) is 5.45. The van der Waals surface area contributed by atoms with Gasteiger partial charge in [-0.05, 0) is 49.9 Å². The molecule has 0 radical (unpaired) electrons. The second kappa shape index (κ2) is 7.46. The van der Waals surface area contributed by atoms with E-state index in [0.29, 0.717) is 5.82 Å². The van der Waals surface area contributed by atoms with Gasteiger partial charge in [0.1, 0.15) is 0 Å². The highest BCUT2D eigenvalue weighted by Gasteiger charge is 2.25. The van der Waals surface area contributed by atoms with Crippen molar-refractivity contribution < 1.29 is 4.42 Å². The Bertz CT molecular complexity index is 1180. The number of aromatic nitrogens is 5. The van der Waals surface area contributed by atoms with Gasteiger partial charge in [0.05, 0.1) is 24.2 Å². The fraction of sp³-hybridized carbons (Fsp3) is 0.286. The molecule has 4 aromatic rings. The monoisotopic (exact) mass is 388 g/mol. The van der Waals surface area contributed by atoms with E-state index in [1.54, 1.807) is 41.7 Å². The van der Waals surface area contributed by atoms with E-state index in [4.69, 9.17) is 4.42 Å². The number of furan rings is 1. The van der Waals surface area contributed by atoms with Crippen molar-refractivity contribution in [2.45, 2.75) is 37.8 Å². The Morgan fingerprint density at radius 2 is 1.86 bits per heavy atom. The number of anilines is 1. The fourth-order valence-electron chi connectivity index (χ4n) is 3.92. The van der Waals surface area contributed by atoms with Crippen molar-refractivity contribution in [1.82, 2.24) is 25.0 Å². The average Bonchev–Trinajstić information content (AvgIpc) is 3.25. The summed E-state index contributed by atoms with van der Waals surface area (Å²) in [7, 11) is 0. The van der Waals surface area contributed by atoms with E-state index in [1.807, 2.05) is 18.2 Å². The fourth-order valence-corrected chi connectivity index (χ4v) is 3.92. The van der Waals surface area contributed by atoms with Crippen molar-refractivity contribution in [3.8, 4) is 11.3 Å². The van der Waals surface area contributed by atoms with Gasteiger partial charge >= 0.3 is 0 Å². The van der Waals surface area contributed by atoms with Crippen LogP contribution in [0.1, 0.15) is 31.7 Å². The summed E-state index contributed by atoms with van der Waals surface area (Å²) in [5.74, 6) is 0.672.